The van der Waals surface area contributed by atoms with Crippen molar-refractivity contribution in [2.75, 3.05) is 0 Å². The Morgan fingerprint density at radius 2 is 1.41 bits per heavy atom. The minimum absolute atomic E-state index is 0.232. The number of nitrogens with one attached hydrogen (secondary N) is 1. The first kappa shape index (κ1) is 23.6. The summed E-state index contributed by atoms with van der Waals surface area (Å²) >= 11 is 0. The SMILES string of the molecule is Cc1nc2c(C(=O)CCCCCCCCCCCCCCC(C)C)cccc2[nH]1. The van der Waals surface area contributed by atoms with Crippen molar-refractivity contribution in [2.45, 2.75) is 111 Å². The van der Waals surface area contributed by atoms with Crippen LogP contribution in [-0.4, -0.2) is 15.8 Å². The number of nitrogens with zero attached hydrogens (tertiary/aromatic N) is 1. The van der Waals surface area contributed by atoms with Crippen LogP contribution >= 0.6 is 0 Å². The van der Waals surface area contributed by atoms with Crippen LogP contribution in [0.2, 0.25) is 0 Å². The normalized spacial score (nSPS) is 11.6. The fourth-order valence-corrected chi connectivity index (χ4v) is 4.12. The van der Waals surface area contributed by atoms with E-state index in [9.17, 15) is 4.79 Å². The number of rotatable bonds is 16. The molecule has 3 heteroatoms. The molecule has 0 spiro atoms. The molecule has 0 aliphatic carbocycles. The Hall–Kier alpha value is -1.64. The second-order valence-corrected chi connectivity index (χ2v) is 9.12. The summed E-state index contributed by atoms with van der Waals surface area (Å²) in [4.78, 5) is 20.2. The molecule has 29 heavy (non-hydrogen) atoms. The molecule has 0 fully saturated rings. The van der Waals surface area contributed by atoms with Crippen LogP contribution in [0.1, 0.15) is 120 Å². The van der Waals surface area contributed by atoms with Crippen LogP contribution in [0.25, 0.3) is 11.0 Å². The molecule has 1 heterocycles. The molecule has 162 valence electrons. The van der Waals surface area contributed by atoms with Crippen LogP contribution in [0.5, 0.6) is 0 Å². The molecule has 1 aromatic carbocycles. The highest BCUT2D eigenvalue weighted by Gasteiger charge is 2.12. The molecular formula is C26H42N2O. The molecule has 0 aliphatic heterocycles. The first-order valence-corrected chi connectivity index (χ1v) is 12.1. The van der Waals surface area contributed by atoms with Gasteiger partial charge in [0.05, 0.1) is 11.0 Å². The van der Waals surface area contributed by atoms with Gasteiger partial charge in [0.25, 0.3) is 0 Å². The molecule has 0 saturated carbocycles. The maximum atomic E-state index is 12.5. The zero-order valence-electron chi connectivity index (χ0n) is 19.1. The van der Waals surface area contributed by atoms with Crippen LogP contribution in [0.4, 0.5) is 0 Å². The quantitative estimate of drug-likeness (QED) is 0.229. The third-order valence-corrected chi connectivity index (χ3v) is 5.87. The van der Waals surface area contributed by atoms with E-state index in [-0.39, 0.29) is 5.78 Å². The molecule has 2 aromatic rings. The molecule has 1 N–H and O–H groups in total. The van der Waals surface area contributed by atoms with Gasteiger partial charge in [-0.25, -0.2) is 4.98 Å². The minimum atomic E-state index is 0.232. The third kappa shape index (κ3) is 9.14. The van der Waals surface area contributed by atoms with Crippen molar-refractivity contribution in [3.05, 3.63) is 29.6 Å². The van der Waals surface area contributed by atoms with E-state index in [4.69, 9.17) is 0 Å². The first-order chi connectivity index (χ1) is 14.1. The zero-order valence-corrected chi connectivity index (χ0v) is 19.1. The summed E-state index contributed by atoms with van der Waals surface area (Å²) in [6, 6.07) is 5.84. The fourth-order valence-electron chi connectivity index (χ4n) is 4.12. The van der Waals surface area contributed by atoms with Crippen molar-refractivity contribution >= 4 is 16.8 Å². The number of carbonyl (C=O) groups is 1. The van der Waals surface area contributed by atoms with Gasteiger partial charge >= 0.3 is 0 Å². The van der Waals surface area contributed by atoms with Gasteiger partial charge < -0.3 is 4.98 Å². The van der Waals surface area contributed by atoms with Crippen LogP contribution in [0.15, 0.2) is 18.2 Å². The van der Waals surface area contributed by atoms with E-state index >= 15 is 0 Å². The lowest BCUT2D eigenvalue weighted by Gasteiger charge is -2.05. The van der Waals surface area contributed by atoms with E-state index in [1.54, 1.807) is 0 Å². The van der Waals surface area contributed by atoms with Crippen LogP contribution in [0.3, 0.4) is 0 Å². The third-order valence-electron chi connectivity index (χ3n) is 5.87. The van der Waals surface area contributed by atoms with E-state index in [1.807, 2.05) is 25.1 Å². The predicted octanol–water partition coefficient (Wildman–Crippen LogP) is 8.17. The van der Waals surface area contributed by atoms with Gasteiger partial charge in [-0.3, -0.25) is 4.79 Å². The Morgan fingerprint density at radius 3 is 2.00 bits per heavy atom. The lowest BCUT2D eigenvalue weighted by molar-refractivity contribution is 0.0980. The highest BCUT2D eigenvalue weighted by Crippen LogP contribution is 2.19. The number of aromatic nitrogens is 2. The highest BCUT2D eigenvalue weighted by atomic mass is 16.1. The van der Waals surface area contributed by atoms with Crippen molar-refractivity contribution in [2.24, 2.45) is 5.92 Å². The zero-order chi connectivity index (χ0) is 20.9. The molecular weight excluding hydrogens is 356 g/mol. The number of ketones is 1. The van der Waals surface area contributed by atoms with Crippen molar-refractivity contribution in [1.29, 1.82) is 0 Å². The summed E-state index contributed by atoms with van der Waals surface area (Å²) in [5.41, 5.74) is 2.56. The molecule has 0 amide bonds. The van der Waals surface area contributed by atoms with E-state index < -0.39 is 0 Å². The van der Waals surface area contributed by atoms with Crippen LogP contribution in [-0.2, 0) is 0 Å². The van der Waals surface area contributed by atoms with Crippen molar-refractivity contribution in [1.82, 2.24) is 9.97 Å². The fraction of sp³-hybridized carbons (Fsp3) is 0.692. The van der Waals surface area contributed by atoms with E-state index in [1.165, 1.54) is 70.6 Å². The molecule has 0 aliphatic rings. The number of imidazole rings is 1. The summed E-state index contributed by atoms with van der Waals surface area (Å²) < 4.78 is 0. The monoisotopic (exact) mass is 398 g/mol. The summed E-state index contributed by atoms with van der Waals surface area (Å²) in [7, 11) is 0. The number of Topliss-reactive ketones (excluding diaryl/α,β-unsaturated/α-hetero) is 1. The first-order valence-electron chi connectivity index (χ1n) is 12.1. The maximum Gasteiger partial charge on any atom is 0.165 e. The molecule has 0 bridgehead atoms. The average molecular weight is 399 g/mol. The number of aromatic amines is 1. The van der Waals surface area contributed by atoms with Crippen LogP contribution < -0.4 is 0 Å². The molecule has 0 radical (unpaired) electrons. The largest absolute Gasteiger partial charge is 0.342 e. The van der Waals surface area contributed by atoms with Crippen molar-refractivity contribution in [3.8, 4) is 0 Å². The lowest BCUT2D eigenvalue weighted by Crippen LogP contribution is -2.00. The summed E-state index contributed by atoms with van der Waals surface area (Å²) in [6.45, 7) is 6.57. The van der Waals surface area contributed by atoms with Gasteiger partial charge in [0.2, 0.25) is 0 Å². The molecule has 3 nitrogen and oxygen atoms in total. The standard InChI is InChI=1S/C26H42N2O/c1-21(2)17-14-12-10-8-6-4-5-7-9-11-13-15-20-25(29)23-18-16-19-24-26(23)28-22(3)27-24/h16,18-19,21H,4-15,17,20H2,1-3H3,(H,27,28). The Morgan fingerprint density at radius 1 is 0.862 bits per heavy atom. The van der Waals surface area contributed by atoms with E-state index in [2.05, 4.69) is 23.8 Å². The molecule has 0 saturated heterocycles. The van der Waals surface area contributed by atoms with E-state index in [0.717, 1.165) is 41.2 Å². The summed E-state index contributed by atoms with van der Waals surface area (Å²) in [6.07, 6.45) is 18.0. The molecule has 2 rings (SSSR count). The van der Waals surface area contributed by atoms with Gasteiger partial charge in [0.15, 0.2) is 5.78 Å². The number of para-hydroxylation sites is 1. The summed E-state index contributed by atoms with van der Waals surface area (Å²) in [5, 5.41) is 0. The van der Waals surface area contributed by atoms with Gasteiger partial charge in [-0.05, 0) is 31.4 Å². The van der Waals surface area contributed by atoms with Crippen molar-refractivity contribution < 1.29 is 4.79 Å². The van der Waals surface area contributed by atoms with Gasteiger partial charge in [-0.1, -0.05) is 97.0 Å². The Balaban J connectivity index is 1.45. The number of aryl methyl sites for hydroxylation is 1. The van der Waals surface area contributed by atoms with E-state index in [0.29, 0.717) is 6.42 Å². The Labute approximate surface area is 178 Å². The molecule has 1 aromatic heterocycles. The number of hydrogen-bond donors (Lipinski definition) is 1. The average Bonchev–Trinajstić information content (AvgIpc) is 3.07. The lowest BCUT2D eigenvalue weighted by atomic mass is 10.0. The number of H-pyrrole nitrogens is 1. The predicted molar refractivity (Wildman–Crippen MR) is 125 cm³/mol. The van der Waals surface area contributed by atoms with Crippen LogP contribution in [0, 0.1) is 12.8 Å². The van der Waals surface area contributed by atoms with Gasteiger partial charge in [0.1, 0.15) is 5.82 Å². The van der Waals surface area contributed by atoms with Crippen molar-refractivity contribution in [3.63, 3.8) is 0 Å². The summed E-state index contributed by atoms with van der Waals surface area (Å²) in [5.74, 6) is 1.96. The molecule has 0 atom stereocenters. The van der Waals surface area contributed by atoms with Gasteiger partial charge in [-0.15, -0.1) is 0 Å². The smallest absolute Gasteiger partial charge is 0.165 e. The Bertz CT molecular complexity index is 717. The number of fused-ring (bicyclic) bond motifs is 1. The highest BCUT2D eigenvalue weighted by molar-refractivity contribution is 6.06. The number of benzene rings is 1. The van der Waals surface area contributed by atoms with Gasteiger partial charge in [0, 0.05) is 12.0 Å². The maximum absolute atomic E-state index is 12.5. The second-order valence-electron chi connectivity index (χ2n) is 9.12. The second kappa shape index (κ2) is 13.6. The topological polar surface area (TPSA) is 45.8 Å². The van der Waals surface area contributed by atoms with Gasteiger partial charge in [-0.2, -0.15) is 0 Å². The number of carbonyl (C=O) groups excluding carboxylic acids is 1. The Kier molecular flexibility index (Phi) is 11.1. The molecule has 0 unspecified atom stereocenters. The minimum Gasteiger partial charge on any atom is -0.342 e. The number of unbranched alkanes of at least 4 members (excludes halogenated alkanes) is 11. The number of hydrogen-bond acceptors (Lipinski definition) is 2.